The number of hydrogen-bond acceptors (Lipinski definition) is 7. The number of ether oxygens (including phenoxy) is 1. The number of aliphatic hydroxyl groups excluding tert-OH is 1. The van der Waals surface area contributed by atoms with Gasteiger partial charge in [-0.2, -0.15) is 0 Å². The molecule has 1 atom stereocenters. The Balaban J connectivity index is 2.27. The molecule has 1 rings (SSSR count). The molecule has 0 spiro atoms. The minimum atomic E-state index is -1.02. The van der Waals surface area contributed by atoms with E-state index in [1.54, 1.807) is 0 Å². The van der Waals surface area contributed by atoms with Gasteiger partial charge in [0.15, 0.2) is 0 Å². The van der Waals surface area contributed by atoms with Crippen molar-refractivity contribution in [3.05, 3.63) is 0 Å². The van der Waals surface area contributed by atoms with E-state index in [-0.39, 0.29) is 13.2 Å². The zero-order chi connectivity index (χ0) is 14.1. The highest BCUT2D eigenvalue weighted by Crippen LogP contribution is 2.14. The van der Waals surface area contributed by atoms with Crippen molar-refractivity contribution < 1.29 is 19.7 Å². The summed E-state index contributed by atoms with van der Waals surface area (Å²) in [5.74, 6) is -0.663. The van der Waals surface area contributed by atoms with E-state index >= 15 is 0 Å². The molecule has 0 fully saturated rings. The topological polar surface area (TPSA) is 110 Å². The van der Waals surface area contributed by atoms with Crippen LogP contribution in [-0.2, 0) is 16.1 Å². The summed E-state index contributed by atoms with van der Waals surface area (Å²) in [5, 5.41) is 29.4. The highest BCUT2D eigenvalue weighted by Gasteiger charge is 2.12. The zero-order valence-electron chi connectivity index (χ0n) is 10.7. The quantitative estimate of drug-likeness (QED) is 0.458. The predicted octanol–water partition coefficient (Wildman–Crippen LogP) is 0.0274. The van der Waals surface area contributed by atoms with E-state index in [9.17, 15) is 9.90 Å². The number of carbonyl (C=O) groups is 1. The summed E-state index contributed by atoms with van der Waals surface area (Å²) in [7, 11) is 0. The molecule has 2 N–H and O–H groups in total. The van der Waals surface area contributed by atoms with Crippen LogP contribution in [0.4, 0.5) is 0 Å². The maximum Gasteiger partial charge on any atom is 0.325 e. The Morgan fingerprint density at radius 2 is 2.37 bits per heavy atom. The zero-order valence-corrected chi connectivity index (χ0v) is 11.5. The molecule has 1 aromatic rings. The summed E-state index contributed by atoms with van der Waals surface area (Å²) in [5.41, 5.74) is 0. The maximum atomic E-state index is 10.6. The number of nitrogens with zero attached hydrogens (tertiary/aromatic N) is 4. The largest absolute Gasteiger partial charge is 0.480 e. The number of tetrazole rings is 1. The SMILES string of the molecule is CCCCOCC(O)CSc1nnnn1CC(=O)O. The van der Waals surface area contributed by atoms with Crippen LogP contribution < -0.4 is 0 Å². The smallest absolute Gasteiger partial charge is 0.325 e. The van der Waals surface area contributed by atoms with Crippen molar-refractivity contribution >= 4 is 17.7 Å². The van der Waals surface area contributed by atoms with Crippen molar-refractivity contribution in [1.82, 2.24) is 20.2 Å². The van der Waals surface area contributed by atoms with Gasteiger partial charge in [-0.15, -0.1) is 5.10 Å². The van der Waals surface area contributed by atoms with Crippen molar-refractivity contribution in [2.75, 3.05) is 19.0 Å². The van der Waals surface area contributed by atoms with Gasteiger partial charge in [-0.3, -0.25) is 4.79 Å². The molecular weight excluding hydrogens is 272 g/mol. The summed E-state index contributed by atoms with van der Waals surface area (Å²) >= 11 is 1.20. The molecule has 1 unspecified atom stereocenters. The summed E-state index contributed by atoms with van der Waals surface area (Å²) in [6.45, 7) is 2.67. The van der Waals surface area contributed by atoms with Crippen molar-refractivity contribution in [3.8, 4) is 0 Å². The van der Waals surface area contributed by atoms with Crippen LogP contribution in [0.3, 0.4) is 0 Å². The van der Waals surface area contributed by atoms with Crippen LogP contribution >= 0.6 is 11.8 Å². The third-order valence-electron chi connectivity index (χ3n) is 2.14. The molecule has 0 bridgehead atoms. The number of rotatable bonds is 10. The van der Waals surface area contributed by atoms with Gasteiger partial charge in [-0.05, 0) is 16.8 Å². The third-order valence-corrected chi connectivity index (χ3v) is 3.24. The lowest BCUT2D eigenvalue weighted by atomic mass is 10.3. The molecule has 0 radical (unpaired) electrons. The standard InChI is InChI=1S/C10H18N4O4S/c1-2-3-4-18-6-8(15)7-19-10-11-12-13-14(10)5-9(16)17/h8,15H,2-7H2,1H3,(H,16,17). The molecule has 1 heterocycles. The lowest BCUT2D eigenvalue weighted by molar-refractivity contribution is -0.138. The van der Waals surface area contributed by atoms with Gasteiger partial charge in [0.05, 0.1) is 12.7 Å². The molecule has 0 saturated carbocycles. The Morgan fingerprint density at radius 1 is 1.58 bits per heavy atom. The van der Waals surface area contributed by atoms with E-state index in [1.807, 2.05) is 0 Å². The first-order valence-corrected chi connectivity index (χ1v) is 6.98. The van der Waals surface area contributed by atoms with Gasteiger partial charge < -0.3 is 14.9 Å². The number of carboxylic acids is 1. The number of aliphatic hydroxyl groups is 1. The van der Waals surface area contributed by atoms with Gasteiger partial charge in [-0.25, -0.2) is 4.68 Å². The van der Waals surface area contributed by atoms with Gasteiger partial charge in [0.2, 0.25) is 5.16 Å². The fraction of sp³-hybridized carbons (Fsp3) is 0.800. The molecule has 0 aliphatic rings. The van der Waals surface area contributed by atoms with Crippen LogP contribution in [0.5, 0.6) is 0 Å². The lowest BCUT2D eigenvalue weighted by Gasteiger charge is -2.10. The van der Waals surface area contributed by atoms with Gasteiger partial charge >= 0.3 is 5.97 Å². The molecule has 0 saturated heterocycles. The van der Waals surface area contributed by atoms with E-state index in [1.165, 1.54) is 16.4 Å². The fourth-order valence-corrected chi connectivity index (χ4v) is 1.99. The van der Waals surface area contributed by atoms with E-state index in [2.05, 4.69) is 22.4 Å². The molecule has 108 valence electrons. The minimum Gasteiger partial charge on any atom is -0.480 e. The van der Waals surface area contributed by atoms with Crippen LogP contribution in [0.25, 0.3) is 0 Å². The molecular formula is C10H18N4O4S. The van der Waals surface area contributed by atoms with Crippen molar-refractivity contribution in [1.29, 1.82) is 0 Å². The predicted molar refractivity (Wildman–Crippen MR) is 67.9 cm³/mol. The Morgan fingerprint density at radius 3 is 3.05 bits per heavy atom. The second kappa shape index (κ2) is 8.83. The minimum absolute atomic E-state index is 0.257. The first-order valence-electron chi connectivity index (χ1n) is 6.00. The average Bonchev–Trinajstić information content (AvgIpc) is 2.78. The Kier molecular flexibility index (Phi) is 7.38. The Labute approximate surface area is 115 Å². The monoisotopic (exact) mass is 290 g/mol. The van der Waals surface area contributed by atoms with Gasteiger partial charge in [0.25, 0.3) is 0 Å². The summed E-state index contributed by atoms with van der Waals surface area (Å²) < 4.78 is 6.46. The van der Waals surface area contributed by atoms with Gasteiger partial charge in [-0.1, -0.05) is 25.1 Å². The number of aliphatic carboxylic acids is 1. The van der Waals surface area contributed by atoms with E-state index < -0.39 is 12.1 Å². The summed E-state index contributed by atoms with van der Waals surface area (Å²) in [6.07, 6.45) is 1.39. The van der Waals surface area contributed by atoms with Gasteiger partial charge in [0, 0.05) is 12.4 Å². The molecule has 0 aliphatic carbocycles. The van der Waals surface area contributed by atoms with E-state index in [4.69, 9.17) is 9.84 Å². The van der Waals surface area contributed by atoms with Crippen molar-refractivity contribution in [3.63, 3.8) is 0 Å². The highest BCUT2D eigenvalue weighted by atomic mass is 32.2. The number of unbranched alkanes of at least 4 members (excludes halogenated alkanes) is 1. The fourth-order valence-electron chi connectivity index (χ4n) is 1.21. The number of aromatic nitrogens is 4. The molecule has 9 heteroatoms. The van der Waals surface area contributed by atoms with Crippen LogP contribution in [0.1, 0.15) is 19.8 Å². The average molecular weight is 290 g/mol. The molecule has 1 aromatic heterocycles. The van der Waals surface area contributed by atoms with Crippen LogP contribution in [0, 0.1) is 0 Å². The van der Waals surface area contributed by atoms with Crippen LogP contribution in [0.15, 0.2) is 5.16 Å². The van der Waals surface area contributed by atoms with Crippen molar-refractivity contribution in [2.45, 2.75) is 37.6 Å². The first-order chi connectivity index (χ1) is 9.13. The molecule has 0 aliphatic heterocycles. The second-order valence-electron chi connectivity index (χ2n) is 3.91. The Bertz CT molecular complexity index is 387. The Hall–Kier alpha value is -1.19. The molecule has 0 amide bonds. The molecule has 19 heavy (non-hydrogen) atoms. The number of thioether (sulfide) groups is 1. The third kappa shape index (κ3) is 6.50. The maximum absolute atomic E-state index is 10.6. The van der Waals surface area contributed by atoms with E-state index in [0.29, 0.717) is 17.5 Å². The lowest BCUT2D eigenvalue weighted by Crippen LogP contribution is -2.19. The van der Waals surface area contributed by atoms with Crippen LogP contribution in [-0.4, -0.2) is 61.5 Å². The van der Waals surface area contributed by atoms with Crippen LogP contribution in [0.2, 0.25) is 0 Å². The summed E-state index contributed by atoms with van der Waals surface area (Å²) in [4.78, 5) is 10.6. The normalized spacial score (nSPS) is 12.5. The van der Waals surface area contributed by atoms with E-state index in [0.717, 1.165) is 12.8 Å². The van der Waals surface area contributed by atoms with Crippen molar-refractivity contribution in [2.24, 2.45) is 0 Å². The molecule has 0 aromatic carbocycles. The van der Waals surface area contributed by atoms with Gasteiger partial charge in [0.1, 0.15) is 6.54 Å². The summed E-state index contributed by atoms with van der Waals surface area (Å²) in [6, 6.07) is 0. The molecule has 8 nitrogen and oxygen atoms in total. The number of hydrogen-bond donors (Lipinski definition) is 2. The first kappa shape index (κ1) is 15.9. The highest BCUT2D eigenvalue weighted by molar-refractivity contribution is 7.99. The second-order valence-corrected chi connectivity index (χ2v) is 4.89. The number of carboxylic acid groups (broad SMARTS) is 1.